The second-order valence-electron chi connectivity index (χ2n) is 6.61. The largest absolute Gasteiger partial charge is 0.320 e. The van der Waals surface area contributed by atoms with Gasteiger partial charge in [0.1, 0.15) is 0 Å². The van der Waals surface area contributed by atoms with Crippen molar-refractivity contribution < 1.29 is 13.2 Å². The zero-order chi connectivity index (χ0) is 23.4. The van der Waals surface area contributed by atoms with E-state index in [1.165, 1.54) is 53.6 Å². The van der Waals surface area contributed by atoms with E-state index in [0.29, 0.717) is 10.7 Å². The molecule has 0 saturated heterocycles. The lowest BCUT2D eigenvalue weighted by atomic mass is 10.3. The van der Waals surface area contributed by atoms with Gasteiger partial charge in [-0.2, -0.15) is 5.10 Å². The molecular weight excluding hydrogens is 468 g/mol. The van der Waals surface area contributed by atoms with Gasteiger partial charge in [0.05, 0.1) is 10.6 Å². The number of benzene rings is 2. The number of anilines is 2. The van der Waals surface area contributed by atoms with Crippen LogP contribution in [0.25, 0.3) is 5.69 Å². The predicted octanol–water partition coefficient (Wildman–Crippen LogP) is 2.73. The van der Waals surface area contributed by atoms with Gasteiger partial charge in [0, 0.05) is 35.4 Å². The molecule has 4 rings (SSSR count). The van der Waals surface area contributed by atoms with Crippen molar-refractivity contribution in [3.8, 4) is 5.69 Å². The summed E-state index contributed by atoms with van der Waals surface area (Å²) in [6.45, 7) is 0. The molecule has 0 atom stereocenters. The number of hydrogen-bond acceptors (Lipinski definition) is 7. The van der Waals surface area contributed by atoms with Crippen LogP contribution in [0.2, 0.25) is 5.02 Å². The zero-order valence-corrected chi connectivity index (χ0v) is 18.3. The Bertz CT molecular complexity index is 1460. The van der Waals surface area contributed by atoms with Crippen LogP contribution in [0.5, 0.6) is 0 Å². The van der Waals surface area contributed by atoms with E-state index < -0.39 is 21.4 Å². The summed E-state index contributed by atoms with van der Waals surface area (Å²) in [5.41, 5.74) is -0.00748. The van der Waals surface area contributed by atoms with Gasteiger partial charge in [-0.1, -0.05) is 11.6 Å². The van der Waals surface area contributed by atoms with Crippen molar-refractivity contribution in [3.63, 3.8) is 0 Å². The number of hydrogen-bond donors (Lipinski definition) is 2. The van der Waals surface area contributed by atoms with Gasteiger partial charge in [-0.25, -0.2) is 27.8 Å². The minimum absolute atomic E-state index is 0.0594. The van der Waals surface area contributed by atoms with E-state index in [4.69, 9.17) is 11.6 Å². The Morgan fingerprint density at radius 3 is 2.27 bits per heavy atom. The van der Waals surface area contributed by atoms with Crippen molar-refractivity contribution in [1.82, 2.24) is 19.7 Å². The first-order valence-electron chi connectivity index (χ1n) is 9.39. The van der Waals surface area contributed by atoms with Gasteiger partial charge < -0.3 is 5.32 Å². The molecule has 33 heavy (non-hydrogen) atoms. The highest BCUT2D eigenvalue weighted by Gasteiger charge is 2.17. The summed E-state index contributed by atoms with van der Waals surface area (Å²) in [4.78, 5) is 32.4. The van der Waals surface area contributed by atoms with E-state index in [1.807, 2.05) is 0 Å². The van der Waals surface area contributed by atoms with E-state index in [1.54, 1.807) is 30.3 Å². The van der Waals surface area contributed by atoms with Crippen molar-refractivity contribution in [3.05, 3.63) is 100 Å². The Labute approximate surface area is 193 Å². The number of rotatable bonds is 6. The van der Waals surface area contributed by atoms with Crippen LogP contribution in [0, 0.1) is 0 Å². The van der Waals surface area contributed by atoms with Crippen molar-refractivity contribution in [2.75, 3.05) is 10.0 Å². The Hall–Kier alpha value is -4.09. The number of carbonyl (C=O) groups is 1. The van der Waals surface area contributed by atoms with Gasteiger partial charge in [0.2, 0.25) is 11.4 Å². The normalized spacial score (nSPS) is 11.1. The number of halogens is 1. The maximum absolute atomic E-state index is 12.6. The first-order valence-corrected chi connectivity index (χ1v) is 11.3. The van der Waals surface area contributed by atoms with Crippen molar-refractivity contribution in [1.29, 1.82) is 0 Å². The van der Waals surface area contributed by atoms with Crippen LogP contribution in [0.1, 0.15) is 10.5 Å². The van der Waals surface area contributed by atoms with E-state index in [0.717, 1.165) is 0 Å². The molecule has 0 radical (unpaired) electrons. The molecule has 2 aromatic heterocycles. The molecule has 0 saturated carbocycles. The predicted molar refractivity (Wildman–Crippen MR) is 122 cm³/mol. The van der Waals surface area contributed by atoms with E-state index in [-0.39, 0.29) is 22.2 Å². The van der Waals surface area contributed by atoms with Gasteiger partial charge in [-0.3, -0.25) is 9.59 Å². The number of carbonyl (C=O) groups excluding carboxylic acids is 1. The Kier molecular flexibility index (Phi) is 6.16. The topological polar surface area (TPSA) is 136 Å². The summed E-state index contributed by atoms with van der Waals surface area (Å²) in [6.07, 6.45) is 4.25. The summed E-state index contributed by atoms with van der Waals surface area (Å²) < 4.78 is 28.5. The third-order valence-corrected chi connectivity index (χ3v) is 5.92. The minimum atomic E-state index is -3.92. The molecule has 166 valence electrons. The molecule has 0 aliphatic carbocycles. The van der Waals surface area contributed by atoms with Crippen LogP contribution in [0.4, 0.5) is 11.6 Å². The average molecular weight is 483 g/mol. The first kappa shape index (κ1) is 22.1. The quantitative estimate of drug-likeness (QED) is 0.431. The Morgan fingerprint density at radius 1 is 0.939 bits per heavy atom. The van der Waals surface area contributed by atoms with Crippen LogP contribution >= 0.6 is 11.6 Å². The molecule has 10 nitrogen and oxygen atoms in total. The molecule has 0 unspecified atom stereocenters. The Morgan fingerprint density at radius 2 is 1.61 bits per heavy atom. The summed E-state index contributed by atoms with van der Waals surface area (Å²) in [7, 11) is -3.92. The van der Waals surface area contributed by atoms with Crippen LogP contribution in [-0.2, 0) is 10.0 Å². The molecule has 0 bridgehead atoms. The first-order chi connectivity index (χ1) is 15.8. The lowest BCUT2D eigenvalue weighted by Crippen LogP contribution is -2.25. The third-order valence-electron chi connectivity index (χ3n) is 4.33. The molecule has 2 aromatic carbocycles. The molecular formula is C21H15ClN6O4S. The third kappa shape index (κ3) is 5.22. The minimum Gasteiger partial charge on any atom is -0.320 e. The molecule has 4 aromatic rings. The van der Waals surface area contributed by atoms with Crippen LogP contribution in [-0.4, -0.2) is 34.1 Å². The SMILES string of the molecule is O=C(Nc1ccc(S(=O)(=O)Nc2ncccn2)cc1)c1nn(-c2ccc(Cl)cc2)ccc1=O. The highest BCUT2D eigenvalue weighted by atomic mass is 35.5. The number of aromatic nitrogens is 4. The number of amides is 1. The second kappa shape index (κ2) is 9.18. The molecule has 1 amide bonds. The number of nitrogens with one attached hydrogen (secondary N) is 2. The maximum Gasteiger partial charge on any atom is 0.280 e. The molecule has 12 heteroatoms. The van der Waals surface area contributed by atoms with E-state index in [2.05, 4.69) is 25.1 Å². The highest BCUT2D eigenvalue weighted by molar-refractivity contribution is 7.92. The van der Waals surface area contributed by atoms with Crippen LogP contribution in [0.15, 0.2) is 88.9 Å². The summed E-state index contributed by atoms with van der Waals surface area (Å²) in [5, 5.41) is 7.18. The van der Waals surface area contributed by atoms with Gasteiger partial charge in [0.25, 0.3) is 15.9 Å². The monoisotopic (exact) mass is 482 g/mol. The molecule has 0 spiro atoms. The van der Waals surface area contributed by atoms with Gasteiger partial charge in [-0.05, 0) is 54.6 Å². The molecule has 2 N–H and O–H groups in total. The summed E-state index contributed by atoms with van der Waals surface area (Å²) >= 11 is 5.88. The summed E-state index contributed by atoms with van der Waals surface area (Å²) in [6, 6.07) is 14.8. The number of nitrogens with zero attached hydrogens (tertiary/aromatic N) is 4. The van der Waals surface area contributed by atoms with Crippen LogP contribution < -0.4 is 15.5 Å². The maximum atomic E-state index is 12.6. The fourth-order valence-electron chi connectivity index (χ4n) is 2.74. The molecule has 0 aliphatic heterocycles. The molecule has 2 heterocycles. The lowest BCUT2D eigenvalue weighted by molar-refractivity contribution is 0.101. The highest BCUT2D eigenvalue weighted by Crippen LogP contribution is 2.17. The second-order valence-corrected chi connectivity index (χ2v) is 8.72. The Balaban J connectivity index is 1.51. The van der Waals surface area contributed by atoms with Crippen LogP contribution in [0.3, 0.4) is 0 Å². The smallest absolute Gasteiger partial charge is 0.280 e. The van der Waals surface area contributed by atoms with Gasteiger partial charge in [0.15, 0.2) is 5.69 Å². The van der Waals surface area contributed by atoms with Gasteiger partial charge in [-0.15, -0.1) is 0 Å². The average Bonchev–Trinajstić information content (AvgIpc) is 2.81. The number of sulfonamides is 1. The molecule has 0 fully saturated rings. The summed E-state index contributed by atoms with van der Waals surface area (Å²) in [5.74, 6) is -0.809. The lowest BCUT2D eigenvalue weighted by Gasteiger charge is -2.09. The van der Waals surface area contributed by atoms with E-state index >= 15 is 0 Å². The fraction of sp³-hybridized carbons (Fsp3) is 0. The van der Waals surface area contributed by atoms with E-state index in [9.17, 15) is 18.0 Å². The van der Waals surface area contributed by atoms with Gasteiger partial charge >= 0.3 is 0 Å². The molecule has 0 aliphatic rings. The zero-order valence-electron chi connectivity index (χ0n) is 16.7. The fourth-order valence-corrected chi connectivity index (χ4v) is 3.83. The van der Waals surface area contributed by atoms with Crippen molar-refractivity contribution >= 4 is 39.2 Å². The van der Waals surface area contributed by atoms with Crippen molar-refractivity contribution in [2.24, 2.45) is 0 Å². The van der Waals surface area contributed by atoms with Crippen molar-refractivity contribution in [2.45, 2.75) is 4.90 Å². The standard InChI is InChI=1S/C21H15ClN6O4S/c22-14-2-6-16(7-3-14)28-13-10-18(29)19(26-28)20(30)25-15-4-8-17(9-5-15)33(31,32)27-21-23-11-1-12-24-21/h1-13H,(H,25,30)(H,23,24,27).